The van der Waals surface area contributed by atoms with Crippen molar-refractivity contribution in [3.63, 3.8) is 0 Å². The minimum atomic E-state index is -2.62. The minimum Gasteiger partial charge on any atom is -0.497 e. The van der Waals surface area contributed by atoms with Crippen LogP contribution in [0.2, 0.25) is 5.04 Å². The molecule has 36 heavy (non-hydrogen) atoms. The molecule has 2 heterocycles. The monoisotopic (exact) mass is 506 g/mol. The molecule has 2 aromatic carbocycles. The zero-order valence-electron chi connectivity index (χ0n) is 22.5. The summed E-state index contributed by atoms with van der Waals surface area (Å²) in [5.41, 5.74) is 1.26. The van der Waals surface area contributed by atoms with Crippen molar-refractivity contribution in [1.82, 2.24) is 0 Å². The van der Waals surface area contributed by atoms with Crippen molar-refractivity contribution in [2.75, 3.05) is 13.2 Å². The fourth-order valence-electron chi connectivity index (χ4n) is 5.53. The van der Waals surface area contributed by atoms with E-state index in [1.54, 1.807) is 0 Å². The highest BCUT2D eigenvalue weighted by Crippen LogP contribution is 2.38. The zero-order valence-corrected chi connectivity index (χ0v) is 23.5. The Morgan fingerprint density at radius 1 is 0.889 bits per heavy atom. The Morgan fingerprint density at radius 2 is 1.50 bits per heavy atom. The second kappa shape index (κ2) is 11.5. The lowest BCUT2D eigenvalue weighted by molar-refractivity contribution is -0.149. The molecule has 0 bridgehead atoms. The van der Waals surface area contributed by atoms with Gasteiger partial charge in [0.05, 0.1) is 19.0 Å². The van der Waals surface area contributed by atoms with E-state index in [-0.39, 0.29) is 17.2 Å². The normalized spacial score (nSPS) is 21.8. The van der Waals surface area contributed by atoms with Crippen LogP contribution >= 0.6 is 0 Å². The number of allylic oxidation sites excluding steroid dienone is 2. The van der Waals surface area contributed by atoms with Gasteiger partial charge in [0.2, 0.25) is 0 Å². The third kappa shape index (κ3) is 6.20. The lowest BCUT2D eigenvalue weighted by Crippen LogP contribution is -2.67. The van der Waals surface area contributed by atoms with E-state index in [9.17, 15) is 0 Å². The topological polar surface area (TPSA) is 36.9 Å². The molecule has 2 aliphatic heterocycles. The molecule has 0 spiro atoms. The Bertz CT molecular complexity index is 984. The van der Waals surface area contributed by atoms with E-state index in [1.165, 1.54) is 15.9 Å². The molecule has 1 saturated heterocycles. The van der Waals surface area contributed by atoms with E-state index in [0.717, 1.165) is 25.7 Å². The van der Waals surface area contributed by atoms with Crippen LogP contribution in [0.1, 0.15) is 60.3 Å². The molecule has 4 rings (SSSR count). The van der Waals surface area contributed by atoms with Crippen LogP contribution in [-0.2, 0) is 18.6 Å². The molecule has 1 fully saturated rings. The summed E-state index contributed by atoms with van der Waals surface area (Å²) >= 11 is 0. The summed E-state index contributed by atoms with van der Waals surface area (Å²) in [7, 11) is -2.62. The predicted molar refractivity (Wildman–Crippen MR) is 149 cm³/mol. The van der Waals surface area contributed by atoms with Gasteiger partial charge in [0.1, 0.15) is 12.7 Å². The smallest absolute Gasteiger partial charge is 0.261 e. The lowest BCUT2D eigenvalue weighted by atomic mass is 10.0. The number of ether oxygens (including phenoxy) is 3. The summed E-state index contributed by atoms with van der Waals surface area (Å²) in [4.78, 5) is 0. The molecule has 0 aliphatic carbocycles. The quantitative estimate of drug-likeness (QED) is 0.288. The molecule has 2 aliphatic rings. The van der Waals surface area contributed by atoms with Crippen molar-refractivity contribution >= 4 is 18.7 Å². The summed E-state index contributed by atoms with van der Waals surface area (Å²) in [5.74, 6) is -0.605. The Hall–Kier alpha value is -2.18. The van der Waals surface area contributed by atoms with Gasteiger partial charge in [-0.1, -0.05) is 93.9 Å². The molecule has 0 N–H and O–H groups in total. The van der Waals surface area contributed by atoms with Gasteiger partial charge in [0.15, 0.2) is 5.79 Å². The van der Waals surface area contributed by atoms with Crippen molar-refractivity contribution < 1.29 is 18.6 Å². The van der Waals surface area contributed by atoms with Crippen molar-refractivity contribution in [2.45, 2.75) is 83.3 Å². The Morgan fingerprint density at radius 3 is 2.06 bits per heavy atom. The SMILES string of the molecule is CC1(C)OC(CCCCC2=COCC=C2)C(CO[Si](c2ccccc2)(c2ccccc2)C(C)(C)C)O1. The molecular weight excluding hydrogens is 464 g/mol. The van der Waals surface area contributed by atoms with E-state index >= 15 is 0 Å². The van der Waals surface area contributed by atoms with Crippen molar-refractivity contribution in [2.24, 2.45) is 0 Å². The summed E-state index contributed by atoms with van der Waals surface area (Å²) in [5, 5.41) is 2.51. The highest BCUT2D eigenvalue weighted by atomic mass is 28.4. The lowest BCUT2D eigenvalue weighted by Gasteiger charge is -2.43. The standard InChI is InChI=1S/C31H42O4Si/c1-30(2,3)36(26-17-8-6-9-18-26,27-19-10-7-11-20-27)33-24-29-28(34-31(4,5)35-29)21-13-12-15-25-16-14-22-32-23-25/h6-11,14,16-20,23,28-29H,12-13,15,21-22,24H2,1-5H3. The molecule has 0 radical (unpaired) electrons. The summed E-state index contributed by atoms with van der Waals surface area (Å²) in [6.07, 6.45) is 10.2. The average molecular weight is 507 g/mol. The molecule has 5 heteroatoms. The fourth-order valence-corrected chi connectivity index (χ4v) is 10.1. The van der Waals surface area contributed by atoms with Crippen molar-refractivity contribution in [3.8, 4) is 0 Å². The number of rotatable bonds is 10. The number of benzene rings is 2. The van der Waals surface area contributed by atoms with E-state index in [2.05, 4.69) is 93.6 Å². The van der Waals surface area contributed by atoms with Crippen LogP contribution in [0.5, 0.6) is 0 Å². The zero-order chi connectivity index (χ0) is 25.7. The van der Waals surface area contributed by atoms with Crippen LogP contribution in [0, 0.1) is 0 Å². The van der Waals surface area contributed by atoms with Gasteiger partial charge in [-0.05, 0) is 60.2 Å². The molecule has 194 valence electrons. The van der Waals surface area contributed by atoms with Gasteiger partial charge in [-0.2, -0.15) is 0 Å². The van der Waals surface area contributed by atoms with Gasteiger partial charge >= 0.3 is 0 Å². The highest BCUT2D eigenvalue weighted by Gasteiger charge is 2.51. The van der Waals surface area contributed by atoms with Crippen molar-refractivity contribution in [3.05, 3.63) is 84.7 Å². The largest absolute Gasteiger partial charge is 0.497 e. The number of hydrogen-bond acceptors (Lipinski definition) is 4. The molecule has 0 amide bonds. The van der Waals surface area contributed by atoms with Crippen LogP contribution in [-0.4, -0.2) is 39.5 Å². The molecule has 2 unspecified atom stereocenters. The molecule has 2 aromatic rings. The molecule has 4 nitrogen and oxygen atoms in total. The van der Waals surface area contributed by atoms with Crippen LogP contribution in [0.3, 0.4) is 0 Å². The third-order valence-corrected chi connectivity index (χ3v) is 12.1. The average Bonchev–Trinajstić information content (AvgIpc) is 3.16. The summed E-state index contributed by atoms with van der Waals surface area (Å²) < 4.78 is 25.4. The second-order valence-corrected chi connectivity index (χ2v) is 15.7. The van der Waals surface area contributed by atoms with Gasteiger partial charge in [-0.25, -0.2) is 0 Å². The Labute approximate surface area is 218 Å². The first-order chi connectivity index (χ1) is 17.2. The maximum Gasteiger partial charge on any atom is 0.261 e. The molecule has 0 aromatic heterocycles. The maximum absolute atomic E-state index is 7.17. The van der Waals surface area contributed by atoms with Crippen molar-refractivity contribution in [1.29, 1.82) is 0 Å². The summed E-state index contributed by atoms with van der Waals surface area (Å²) in [6.45, 7) is 12.2. The number of unbranched alkanes of at least 4 members (excludes halogenated alkanes) is 1. The van der Waals surface area contributed by atoms with Gasteiger partial charge in [0, 0.05) is 0 Å². The maximum atomic E-state index is 7.17. The molecule has 0 saturated carbocycles. The third-order valence-electron chi connectivity index (χ3n) is 7.13. The first-order valence-electron chi connectivity index (χ1n) is 13.3. The van der Waals surface area contributed by atoms with Crippen LogP contribution < -0.4 is 10.4 Å². The first-order valence-corrected chi connectivity index (χ1v) is 15.2. The summed E-state index contributed by atoms with van der Waals surface area (Å²) in [6, 6.07) is 21.6. The van der Waals surface area contributed by atoms with Gasteiger partial charge in [0.25, 0.3) is 8.32 Å². The minimum absolute atomic E-state index is 0.0188. The second-order valence-electron chi connectivity index (χ2n) is 11.4. The number of hydrogen-bond donors (Lipinski definition) is 0. The van der Waals surface area contributed by atoms with Gasteiger partial charge in [-0.3, -0.25) is 0 Å². The Balaban J connectivity index is 1.51. The first kappa shape index (κ1) is 26.9. The van der Waals surface area contributed by atoms with Gasteiger partial charge < -0.3 is 18.6 Å². The van der Waals surface area contributed by atoms with Gasteiger partial charge in [-0.15, -0.1) is 0 Å². The molecular formula is C31H42O4Si. The van der Waals surface area contributed by atoms with E-state index in [1.807, 2.05) is 20.1 Å². The highest BCUT2D eigenvalue weighted by molar-refractivity contribution is 6.99. The van der Waals surface area contributed by atoms with Crippen LogP contribution in [0.15, 0.2) is 84.7 Å². The van der Waals surface area contributed by atoms with Crippen LogP contribution in [0.4, 0.5) is 0 Å². The van der Waals surface area contributed by atoms with Crippen LogP contribution in [0.25, 0.3) is 0 Å². The van der Waals surface area contributed by atoms with E-state index in [4.69, 9.17) is 18.6 Å². The predicted octanol–water partition coefficient (Wildman–Crippen LogP) is 6.11. The Kier molecular flexibility index (Phi) is 8.56. The fraction of sp³-hybridized carbons (Fsp3) is 0.484. The van der Waals surface area contributed by atoms with E-state index in [0.29, 0.717) is 13.2 Å². The molecule has 2 atom stereocenters. The van der Waals surface area contributed by atoms with E-state index < -0.39 is 14.1 Å².